The van der Waals surface area contributed by atoms with Crippen molar-refractivity contribution in [3.63, 3.8) is 0 Å². The van der Waals surface area contributed by atoms with E-state index in [1.165, 1.54) is 19.4 Å². The molecule has 1 aromatic heterocycles. The molecule has 1 saturated heterocycles. The third kappa shape index (κ3) is 6.31. The van der Waals surface area contributed by atoms with Crippen LogP contribution in [0.4, 0.5) is 10.1 Å². The van der Waals surface area contributed by atoms with Gasteiger partial charge in [0, 0.05) is 28.9 Å². The second-order valence-electron chi connectivity index (χ2n) is 10.4. The van der Waals surface area contributed by atoms with E-state index in [9.17, 15) is 14.0 Å². The van der Waals surface area contributed by atoms with Gasteiger partial charge in [0.15, 0.2) is 23.3 Å². The van der Waals surface area contributed by atoms with Crippen LogP contribution in [-0.2, 0) is 20.7 Å². The van der Waals surface area contributed by atoms with Crippen molar-refractivity contribution < 1.29 is 32.9 Å². The molecule has 1 amide bonds. The number of halogens is 2. The van der Waals surface area contributed by atoms with Gasteiger partial charge in [0.05, 0.1) is 38.0 Å². The van der Waals surface area contributed by atoms with Crippen molar-refractivity contribution in [1.29, 1.82) is 0 Å². The van der Waals surface area contributed by atoms with Crippen LogP contribution in [0.1, 0.15) is 27.7 Å². The quantitative estimate of drug-likeness (QED) is 0.241. The number of methoxy groups -OCH3 is 1. The SMILES string of the molecule is COC(=O)c1ncccc1NC[C@@H]1OCC1NC(=O)Cc1ccc(-c2cccc3c2OCC(c2ccc(Cl)cc2F)O3)cc1. The van der Waals surface area contributed by atoms with Gasteiger partial charge >= 0.3 is 5.97 Å². The number of hydrogen-bond acceptors (Lipinski definition) is 8. The summed E-state index contributed by atoms with van der Waals surface area (Å²) < 4.78 is 37.1. The number of nitrogens with one attached hydrogen (secondary N) is 2. The first-order valence-electron chi connectivity index (χ1n) is 14.0. The number of carbonyl (C=O) groups excluding carboxylic acids is 2. The van der Waals surface area contributed by atoms with Gasteiger partial charge in [0.2, 0.25) is 5.91 Å². The summed E-state index contributed by atoms with van der Waals surface area (Å²) in [5, 5.41) is 6.51. The summed E-state index contributed by atoms with van der Waals surface area (Å²) in [4.78, 5) is 28.9. The Balaban J connectivity index is 1.04. The maximum Gasteiger partial charge on any atom is 0.358 e. The van der Waals surface area contributed by atoms with Crippen molar-refractivity contribution in [2.75, 3.05) is 32.2 Å². The van der Waals surface area contributed by atoms with E-state index in [4.69, 9.17) is 30.5 Å². The van der Waals surface area contributed by atoms with Crippen LogP contribution >= 0.6 is 11.6 Å². The number of amides is 1. The van der Waals surface area contributed by atoms with Crippen LogP contribution in [0.5, 0.6) is 11.5 Å². The minimum atomic E-state index is -0.597. The molecule has 0 saturated carbocycles. The first kappa shape index (κ1) is 29.4. The molecule has 2 N–H and O–H groups in total. The number of pyridine rings is 1. The number of anilines is 1. The van der Waals surface area contributed by atoms with E-state index < -0.39 is 17.9 Å². The smallest absolute Gasteiger partial charge is 0.358 e. The molecule has 0 spiro atoms. The van der Waals surface area contributed by atoms with Crippen LogP contribution in [0.25, 0.3) is 11.1 Å². The fraction of sp³-hybridized carbons (Fsp3) is 0.242. The van der Waals surface area contributed by atoms with Crippen LogP contribution in [0, 0.1) is 5.82 Å². The van der Waals surface area contributed by atoms with Gasteiger partial charge in [-0.2, -0.15) is 0 Å². The standard InChI is InChI=1S/C33H29ClFN3O6/c1-41-33(40)31-25(5-3-13-36-31)37-16-28-26(17-42-28)38-30(39)14-19-7-9-20(10-8-19)22-4-2-6-27-32(22)43-18-29(44-27)23-12-11-21(34)15-24(23)35/h2-13,15,26,28-29,37H,14,16-18H2,1H3,(H,38,39)/t26?,28-,29?/m0/s1. The number of hydrogen-bond donors (Lipinski definition) is 2. The number of carbonyl (C=O) groups is 2. The van der Waals surface area contributed by atoms with Crippen molar-refractivity contribution in [3.8, 4) is 22.6 Å². The summed E-state index contributed by atoms with van der Waals surface area (Å²) in [7, 11) is 1.30. The Morgan fingerprint density at radius 1 is 1.07 bits per heavy atom. The van der Waals surface area contributed by atoms with Crippen molar-refractivity contribution in [2.24, 2.45) is 0 Å². The van der Waals surface area contributed by atoms with Gasteiger partial charge in [-0.15, -0.1) is 0 Å². The molecule has 3 heterocycles. The van der Waals surface area contributed by atoms with Gasteiger partial charge in [-0.1, -0.05) is 54.1 Å². The monoisotopic (exact) mass is 617 g/mol. The molecule has 3 atom stereocenters. The highest BCUT2D eigenvalue weighted by Gasteiger charge is 2.33. The van der Waals surface area contributed by atoms with E-state index in [1.54, 1.807) is 30.3 Å². The van der Waals surface area contributed by atoms with E-state index in [0.717, 1.165) is 16.7 Å². The van der Waals surface area contributed by atoms with Crippen molar-refractivity contribution in [3.05, 3.63) is 107 Å². The number of aromatic nitrogens is 1. The summed E-state index contributed by atoms with van der Waals surface area (Å²) in [6, 6.07) is 21.0. The number of fused-ring (bicyclic) bond motifs is 1. The molecular weight excluding hydrogens is 589 g/mol. The highest BCUT2D eigenvalue weighted by Crippen LogP contribution is 2.43. The molecule has 9 nitrogen and oxygen atoms in total. The average molecular weight is 618 g/mol. The number of ether oxygens (including phenoxy) is 4. The largest absolute Gasteiger partial charge is 0.485 e. The van der Waals surface area contributed by atoms with Crippen molar-refractivity contribution in [1.82, 2.24) is 10.3 Å². The lowest BCUT2D eigenvalue weighted by Crippen LogP contribution is -2.58. The van der Waals surface area contributed by atoms with Gasteiger partial charge in [-0.05, 0) is 41.5 Å². The number of esters is 1. The molecule has 2 aliphatic rings. The second-order valence-corrected chi connectivity index (χ2v) is 10.8. The lowest BCUT2D eigenvalue weighted by atomic mass is 10.00. The zero-order chi connectivity index (χ0) is 30.6. The maximum atomic E-state index is 14.5. The molecule has 4 aromatic rings. The van der Waals surface area contributed by atoms with Crippen LogP contribution in [0.15, 0.2) is 79.0 Å². The molecule has 11 heteroatoms. The topological polar surface area (TPSA) is 108 Å². The van der Waals surface area contributed by atoms with E-state index in [0.29, 0.717) is 40.9 Å². The molecule has 6 rings (SSSR count). The molecule has 0 bridgehead atoms. The Hall–Kier alpha value is -4.67. The highest BCUT2D eigenvalue weighted by atomic mass is 35.5. The first-order chi connectivity index (χ1) is 21.4. The zero-order valence-corrected chi connectivity index (χ0v) is 24.5. The number of para-hydroxylation sites is 1. The predicted molar refractivity (Wildman–Crippen MR) is 162 cm³/mol. The van der Waals surface area contributed by atoms with Crippen LogP contribution in [0.3, 0.4) is 0 Å². The summed E-state index contributed by atoms with van der Waals surface area (Å²) in [6.07, 6.45) is 0.867. The number of rotatable bonds is 9. The third-order valence-corrected chi connectivity index (χ3v) is 7.77. The molecule has 0 radical (unpaired) electrons. The lowest BCUT2D eigenvalue weighted by Gasteiger charge is -2.37. The van der Waals surface area contributed by atoms with Crippen molar-refractivity contribution in [2.45, 2.75) is 24.7 Å². The van der Waals surface area contributed by atoms with E-state index in [-0.39, 0.29) is 36.8 Å². The van der Waals surface area contributed by atoms with Crippen LogP contribution < -0.4 is 20.1 Å². The fourth-order valence-corrected chi connectivity index (χ4v) is 5.33. The first-order valence-corrected chi connectivity index (χ1v) is 14.4. The Labute approximate surface area is 258 Å². The van der Waals surface area contributed by atoms with Gasteiger partial charge in [-0.25, -0.2) is 14.2 Å². The minimum absolute atomic E-state index is 0.123. The molecular formula is C33H29ClFN3O6. The summed E-state index contributed by atoms with van der Waals surface area (Å²) in [5.74, 6) is 0.000814. The van der Waals surface area contributed by atoms with Crippen LogP contribution in [-0.4, -0.2) is 55.9 Å². The summed E-state index contributed by atoms with van der Waals surface area (Å²) in [6.45, 7) is 0.940. The van der Waals surface area contributed by atoms with Crippen molar-refractivity contribution >= 4 is 29.2 Å². The molecule has 2 aliphatic heterocycles. The molecule has 44 heavy (non-hydrogen) atoms. The Kier molecular flexibility index (Phi) is 8.63. The molecule has 3 aromatic carbocycles. The Morgan fingerprint density at radius 2 is 1.91 bits per heavy atom. The van der Waals surface area contributed by atoms with Gasteiger partial charge < -0.3 is 29.6 Å². The van der Waals surface area contributed by atoms with Gasteiger partial charge in [0.1, 0.15) is 12.4 Å². The molecule has 0 aliphatic carbocycles. The minimum Gasteiger partial charge on any atom is -0.485 e. The Bertz CT molecular complexity index is 1680. The average Bonchev–Trinajstić information content (AvgIpc) is 3.03. The normalized spacial score (nSPS) is 18.6. The zero-order valence-electron chi connectivity index (χ0n) is 23.7. The fourth-order valence-electron chi connectivity index (χ4n) is 5.17. The predicted octanol–water partition coefficient (Wildman–Crippen LogP) is 5.38. The van der Waals surface area contributed by atoms with Gasteiger partial charge in [0.25, 0.3) is 0 Å². The summed E-state index contributed by atoms with van der Waals surface area (Å²) in [5.41, 5.74) is 3.67. The van der Waals surface area contributed by atoms with E-state index >= 15 is 0 Å². The summed E-state index contributed by atoms with van der Waals surface area (Å²) >= 11 is 5.89. The van der Waals surface area contributed by atoms with E-state index in [1.807, 2.05) is 36.4 Å². The number of nitrogens with zero attached hydrogens (tertiary/aromatic N) is 1. The second kappa shape index (κ2) is 12.9. The molecule has 226 valence electrons. The highest BCUT2D eigenvalue weighted by molar-refractivity contribution is 6.30. The third-order valence-electron chi connectivity index (χ3n) is 7.53. The lowest BCUT2D eigenvalue weighted by molar-refractivity contribution is -0.130. The molecule has 1 fully saturated rings. The number of benzene rings is 3. The van der Waals surface area contributed by atoms with Crippen LogP contribution in [0.2, 0.25) is 5.02 Å². The van der Waals surface area contributed by atoms with Gasteiger partial charge in [-0.3, -0.25) is 4.79 Å². The van der Waals surface area contributed by atoms with E-state index in [2.05, 4.69) is 15.6 Å². The maximum absolute atomic E-state index is 14.5. The molecule has 2 unspecified atom stereocenters. The Morgan fingerprint density at radius 3 is 2.66 bits per heavy atom.